The molecule has 0 saturated heterocycles. The number of hydrogen-bond donors (Lipinski definition) is 0. The molecule has 0 unspecified atom stereocenters. The van der Waals surface area contributed by atoms with Gasteiger partial charge in [-0.2, -0.15) is 0 Å². The molecule has 0 radical (unpaired) electrons. The van der Waals surface area contributed by atoms with E-state index in [-0.39, 0.29) is 18.1 Å². The van der Waals surface area contributed by atoms with Crippen LogP contribution >= 0.6 is 22.6 Å². The molecular formula is C23H18INO5. The molecule has 0 aliphatic rings. The Labute approximate surface area is 187 Å². The van der Waals surface area contributed by atoms with Gasteiger partial charge in [-0.3, -0.25) is 14.9 Å². The van der Waals surface area contributed by atoms with Gasteiger partial charge >= 0.3 is 0 Å². The van der Waals surface area contributed by atoms with E-state index in [0.717, 1.165) is 14.7 Å². The molecule has 0 aliphatic carbocycles. The van der Waals surface area contributed by atoms with Crippen LogP contribution < -0.4 is 9.47 Å². The zero-order valence-electron chi connectivity index (χ0n) is 16.1. The number of ketones is 1. The molecule has 0 atom stereocenters. The van der Waals surface area contributed by atoms with E-state index in [9.17, 15) is 14.9 Å². The molecule has 0 bridgehead atoms. The zero-order chi connectivity index (χ0) is 21.5. The van der Waals surface area contributed by atoms with Crippen LogP contribution in [-0.2, 0) is 6.61 Å². The molecule has 3 aromatic rings. The normalized spacial score (nSPS) is 10.7. The first-order valence-electron chi connectivity index (χ1n) is 8.99. The third kappa shape index (κ3) is 5.44. The molecule has 0 saturated carbocycles. The van der Waals surface area contributed by atoms with Gasteiger partial charge in [-0.25, -0.2) is 0 Å². The van der Waals surface area contributed by atoms with Crippen molar-refractivity contribution in [1.29, 1.82) is 0 Å². The van der Waals surface area contributed by atoms with Gasteiger partial charge in [-0.1, -0.05) is 36.4 Å². The number of hydrogen-bond acceptors (Lipinski definition) is 5. The summed E-state index contributed by atoms with van der Waals surface area (Å²) in [4.78, 5) is 22.6. The van der Waals surface area contributed by atoms with E-state index < -0.39 is 4.92 Å². The van der Waals surface area contributed by atoms with Gasteiger partial charge in [-0.05, 0) is 64.1 Å². The maximum absolute atomic E-state index is 12.3. The third-order valence-electron chi connectivity index (χ3n) is 4.27. The predicted molar refractivity (Wildman–Crippen MR) is 123 cm³/mol. The van der Waals surface area contributed by atoms with Gasteiger partial charge in [0.15, 0.2) is 17.3 Å². The number of nitrogens with zero attached hydrogens (tertiary/aromatic N) is 1. The van der Waals surface area contributed by atoms with Crippen LogP contribution in [0.15, 0.2) is 72.8 Å². The van der Waals surface area contributed by atoms with Crippen molar-refractivity contribution in [2.75, 3.05) is 7.11 Å². The number of benzene rings is 3. The van der Waals surface area contributed by atoms with E-state index in [1.54, 1.807) is 43.5 Å². The summed E-state index contributed by atoms with van der Waals surface area (Å²) in [7, 11) is 1.55. The number of methoxy groups -OCH3 is 1. The van der Waals surface area contributed by atoms with Crippen molar-refractivity contribution in [2.45, 2.75) is 6.61 Å². The second kappa shape index (κ2) is 10.0. The van der Waals surface area contributed by atoms with Crippen LogP contribution in [0.4, 0.5) is 5.69 Å². The van der Waals surface area contributed by atoms with Gasteiger partial charge in [0.1, 0.15) is 6.61 Å². The highest BCUT2D eigenvalue weighted by Gasteiger charge is 2.12. The summed E-state index contributed by atoms with van der Waals surface area (Å²) in [6.45, 7) is 0.242. The molecule has 0 aromatic heterocycles. The molecule has 6 nitrogen and oxygen atoms in total. The van der Waals surface area contributed by atoms with Crippen LogP contribution in [0.5, 0.6) is 11.5 Å². The van der Waals surface area contributed by atoms with Crippen molar-refractivity contribution < 1.29 is 19.2 Å². The Hall–Kier alpha value is -3.20. The van der Waals surface area contributed by atoms with E-state index in [1.807, 2.05) is 24.3 Å². The van der Waals surface area contributed by atoms with Crippen LogP contribution in [-0.4, -0.2) is 17.8 Å². The average Bonchev–Trinajstić information content (AvgIpc) is 2.77. The average molecular weight is 515 g/mol. The van der Waals surface area contributed by atoms with Gasteiger partial charge < -0.3 is 9.47 Å². The smallest absolute Gasteiger partial charge is 0.269 e. The summed E-state index contributed by atoms with van der Waals surface area (Å²) in [6.07, 6.45) is 3.26. The monoisotopic (exact) mass is 515 g/mol. The Morgan fingerprint density at radius 1 is 1.10 bits per heavy atom. The minimum Gasteiger partial charge on any atom is -0.493 e. The quantitative estimate of drug-likeness (QED) is 0.127. The number of carbonyl (C=O) groups is 1. The Morgan fingerprint density at radius 2 is 1.80 bits per heavy atom. The van der Waals surface area contributed by atoms with Crippen LogP contribution in [0.1, 0.15) is 21.5 Å². The van der Waals surface area contributed by atoms with Crippen LogP contribution in [0.2, 0.25) is 0 Å². The number of allylic oxidation sites excluding steroid dienone is 1. The van der Waals surface area contributed by atoms with Gasteiger partial charge in [0, 0.05) is 17.7 Å². The van der Waals surface area contributed by atoms with Crippen molar-refractivity contribution in [3.05, 3.63) is 103 Å². The van der Waals surface area contributed by atoms with Crippen molar-refractivity contribution in [2.24, 2.45) is 0 Å². The third-order valence-corrected chi connectivity index (χ3v) is 5.07. The van der Waals surface area contributed by atoms with Crippen LogP contribution in [0.3, 0.4) is 0 Å². The Balaban J connectivity index is 1.74. The molecule has 0 heterocycles. The van der Waals surface area contributed by atoms with Crippen LogP contribution in [0, 0.1) is 13.7 Å². The molecule has 30 heavy (non-hydrogen) atoms. The van der Waals surface area contributed by atoms with Gasteiger partial charge in [0.05, 0.1) is 15.6 Å². The lowest BCUT2D eigenvalue weighted by atomic mass is 10.1. The van der Waals surface area contributed by atoms with Gasteiger partial charge in [-0.15, -0.1) is 0 Å². The lowest BCUT2D eigenvalue weighted by Crippen LogP contribution is -2.00. The number of nitro groups is 1. The van der Waals surface area contributed by atoms with E-state index in [0.29, 0.717) is 17.1 Å². The molecule has 152 valence electrons. The zero-order valence-corrected chi connectivity index (χ0v) is 18.2. The van der Waals surface area contributed by atoms with Gasteiger partial charge in [0.2, 0.25) is 0 Å². The van der Waals surface area contributed by atoms with Crippen molar-refractivity contribution in [3.63, 3.8) is 0 Å². The number of halogens is 1. The summed E-state index contributed by atoms with van der Waals surface area (Å²) in [5.74, 6) is 1.03. The summed E-state index contributed by atoms with van der Waals surface area (Å²) in [5.41, 5.74) is 2.27. The first-order valence-corrected chi connectivity index (χ1v) is 10.1. The highest BCUT2D eigenvalue weighted by Crippen LogP contribution is 2.35. The minimum atomic E-state index is -0.439. The summed E-state index contributed by atoms with van der Waals surface area (Å²) < 4.78 is 12.2. The van der Waals surface area contributed by atoms with Crippen molar-refractivity contribution >= 4 is 40.1 Å². The Bertz CT molecular complexity index is 1080. The number of nitro benzene ring substituents is 1. The largest absolute Gasteiger partial charge is 0.493 e. The first kappa shape index (κ1) is 21.5. The molecule has 3 rings (SSSR count). The topological polar surface area (TPSA) is 78.7 Å². The molecule has 0 N–H and O–H groups in total. The maximum atomic E-state index is 12.3. The fourth-order valence-electron chi connectivity index (χ4n) is 2.72. The molecular weight excluding hydrogens is 497 g/mol. The summed E-state index contributed by atoms with van der Waals surface area (Å²) in [6, 6.07) is 18.9. The maximum Gasteiger partial charge on any atom is 0.269 e. The van der Waals surface area contributed by atoms with E-state index >= 15 is 0 Å². The van der Waals surface area contributed by atoms with E-state index in [2.05, 4.69) is 22.6 Å². The van der Waals surface area contributed by atoms with Gasteiger partial charge in [0.25, 0.3) is 5.69 Å². The fourth-order valence-corrected chi connectivity index (χ4v) is 3.50. The molecule has 7 heteroatoms. The Morgan fingerprint density at radius 3 is 2.43 bits per heavy atom. The lowest BCUT2D eigenvalue weighted by molar-refractivity contribution is -0.384. The van der Waals surface area contributed by atoms with Crippen molar-refractivity contribution in [3.8, 4) is 11.5 Å². The molecule has 0 aliphatic heterocycles. The summed E-state index contributed by atoms with van der Waals surface area (Å²) >= 11 is 2.15. The van der Waals surface area contributed by atoms with Crippen LogP contribution in [0.25, 0.3) is 6.08 Å². The lowest BCUT2D eigenvalue weighted by Gasteiger charge is -2.13. The number of carbonyl (C=O) groups excluding carboxylic acids is 1. The molecule has 0 fully saturated rings. The van der Waals surface area contributed by atoms with E-state index in [4.69, 9.17) is 9.47 Å². The highest BCUT2D eigenvalue weighted by molar-refractivity contribution is 14.1. The second-order valence-electron chi connectivity index (χ2n) is 6.31. The number of non-ortho nitro benzene ring substituents is 1. The number of ether oxygens (including phenoxy) is 2. The standard InChI is InChI=1S/C23H18INO5/c1-29-22-14-17(9-12-21(26)18-5-3-2-4-6-18)13-20(24)23(22)30-15-16-7-10-19(11-8-16)25(27)28/h2-14H,15H2,1H3/b12-9+. The molecule has 0 amide bonds. The Kier molecular flexibility index (Phi) is 7.18. The predicted octanol–water partition coefficient (Wildman–Crippen LogP) is 5.68. The molecule has 0 spiro atoms. The first-order chi connectivity index (χ1) is 14.5. The minimum absolute atomic E-state index is 0.0344. The van der Waals surface area contributed by atoms with Crippen molar-refractivity contribution in [1.82, 2.24) is 0 Å². The number of rotatable bonds is 8. The second-order valence-corrected chi connectivity index (χ2v) is 7.47. The highest BCUT2D eigenvalue weighted by atomic mass is 127. The summed E-state index contributed by atoms with van der Waals surface area (Å²) in [5, 5.41) is 10.8. The molecule has 3 aromatic carbocycles. The fraction of sp³-hybridized carbons (Fsp3) is 0.0870. The van der Waals surface area contributed by atoms with E-state index in [1.165, 1.54) is 18.2 Å². The SMILES string of the molecule is COc1cc(/C=C/C(=O)c2ccccc2)cc(I)c1OCc1ccc([N+](=O)[O-])cc1.